The maximum absolute atomic E-state index is 13.9. The van der Waals surface area contributed by atoms with Gasteiger partial charge in [-0.3, -0.25) is 0 Å². The molecule has 2 aromatic carbocycles. The van der Waals surface area contributed by atoms with Crippen molar-refractivity contribution in [2.45, 2.75) is 25.9 Å². The van der Waals surface area contributed by atoms with Crippen LogP contribution in [0.15, 0.2) is 42.5 Å². The van der Waals surface area contributed by atoms with Crippen molar-refractivity contribution >= 4 is 17.3 Å². The van der Waals surface area contributed by atoms with Crippen molar-refractivity contribution in [1.82, 2.24) is 0 Å². The van der Waals surface area contributed by atoms with Crippen LogP contribution in [0.2, 0.25) is 5.02 Å². The third-order valence-electron chi connectivity index (χ3n) is 3.81. The van der Waals surface area contributed by atoms with E-state index in [4.69, 9.17) is 17.3 Å². The van der Waals surface area contributed by atoms with E-state index in [0.29, 0.717) is 10.6 Å². The summed E-state index contributed by atoms with van der Waals surface area (Å²) in [5.74, 6) is -0.208. The second-order valence-corrected chi connectivity index (χ2v) is 5.72. The molecule has 1 unspecified atom stereocenters. The highest BCUT2D eigenvalue weighted by atomic mass is 35.5. The summed E-state index contributed by atoms with van der Waals surface area (Å²) >= 11 is 6.35. The van der Waals surface area contributed by atoms with Gasteiger partial charge in [-0.15, -0.1) is 0 Å². The minimum Gasteiger partial charge on any atom is -0.367 e. The first kappa shape index (κ1) is 15.8. The van der Waals surface area contributed by atoms with Crippen LogP contribution in [0, 0.1) is 5.82 Å². The Bertz CT molecular complexity index is 628. The van der Waals surface area contributed by atoms with E-state index in [1.807, 2.05) is 50.1 Å². The van der Waals surface area contributed by atoms with Gasteiger partial charge in [-0.25, -0.2) is 4.39 Å². The second kappa shape index (κ2) is 6.46. The van der Waals surface area contributed by atoms with Crippen molar-refractivity contribution in [2.24, 2.45) is 5.73 Å². The molecule has 0 fully saturated rings. The highest BCUT2D eigenvalue weighted by Gasteiger charge is 2.18. The van der Waals surface area contributed by atoms with Crippen LogP contribution in [0.1, 0.15) is 37.1 Å². The van der Waals surface area contributed by atoms with Crippen molar-refractivity contribution in [3.05, 3.63) is 64.4 Å². The maximum atomic E-state index is 13.9. The number of anilines is 1. The van der Waals surface area contributed by atoms with Crippen LogP contribution in [-0.4, -0.2) is 7.05 Å². The average Bonchev–Trinajstić information content (AvgIpc) is 2.46. The van der Waals surface area contributed by atoms with E-state index in [-0.39, 0.29) is 17.9 Å². The first-order chi connectivity index (χ1) is 9.91. The zero-order chi connectivity index (χ0) is 15.6. The highest BCUT2D eigenvalue weighted by Crippen LogP contribution is 2.33. The lowest BCUT2D eigenvalue weighted by Gasteiger charge is -2.29. The fraction of sp³-hybridized carbons (Fsp3) is 0.294. The molecule has 2 atom stereocenters. The van der Waals surface area contributed by atoms with Crippen LogP contribution < -0.4 is 10.6 Å². The lowest BCUT2D eigenvalue weighted by molar-refractivity contribution is 0.585. The Morgan fingerprint density at radius 1 is 1.14 bits per heavy atom. The van der Waals surface area contributed by atoms with Crippen LogP contribution >= 0.6 is 11.6 Å². The monoisotopic (exact) mass is 306 g/mol. The van der Waals surface area contributed by atoms with Crippen molar-refractivity contribution in [1.29, 1.82) is 0 Å². The number of hydrogen-bond acceptors (Lipinski definition) is 2. The molecule has 0 aliphatic carbocycles. The molecule has 2 rings (SSSR count). The molecule has 0 saturated heterocycles. The lowest BCUT2D eigenvalue weighted by atomic mass is 10.0. The van der Waals surface area contributed by atoms with Gasteiger partial charge in [-0.05, 0) is 37.6 Å². The Balaban J connectivity index is 2.32. The topological polar surface area (TPSA) is 29.3 Å². The SMILES string of the molecule is CC(c1ccccc1F)N(C)c1ccc([C@H](C)N)cc1Cl. The summed E-state index contributed by atoms with van der Waals surface area (Å²) in [5, 5.41) is 0.621. The standard InChI is InChI=1S/C17H20ClFN2/c1-11(20)13-8-9-17(15(18)10-13)21(3)12(2)14-6-4-5-7-16(14)19/h4-12H,20H2,1-3H3/t11-,12?/m0/s1. The van der Waals surface area contributed by atoms with Crippen LogP contribution in [0.25, 0.3) is 0 Å². The number of halogens is 2. The molecule has 0 spiro atoms. The van der Waals surface area contributed by atoms with E-state index in [2.05, 4.69) is 0 Å². The van der Waals surface area contributed by atoms with Gasteiger partial charge in [0.2, 0.25) is 0 Å². The third-order valence-corrected chi connectivity index (χ3v) is 4.12. The Morgan fingerprint density at radius 2 is 1.81 bits per heavy atom. The van der Waals surface area contributed by atoms with Gasteiger partial charge >= 0.3 is 0 Å². The van der Waals surface area contributed by atoms with Gasteiger partial charge in [0.15, 0.2) is 0 Å². The predicted molar refractivity (Wildman–Crippen MR) is 87.3 cm³/mol. The van der Waals surface area contributed by atoms with Gasteiger partial charge < -0.3 is 10.6 Å². The summed E-state index contributed by atoms with van der Waals surface area (Å²) < 4.78 is 13.9. The number of hydrogen-bond donors (Lipinski definition) is 1. The van der Waals surface area contributed by atoms with Gasteiger partial charge in [-0.2, -0.15) is 0 Å². The molecule has 4 heteroatoms. The smallest absolute Gasteiger partial charge is 0.128 e. The third kappa shape index (κ3) is 3.36. The summed E-state index contributed by atoms with van der Waals surface area (Å²) in [4.78, 5) is 1.96. The number of nitrogens with zero attached hydrogens (tertiary/aromatic N) is 1. The minimum absolute atomic E-state index is 0.0640. The lowest BCUT2D eigenvalue weighted by Crippen LogP contribution is -2.23. The fourth-order valence-electron chi connectivity index (χ4n) is 2.32. The molecule has 2 nitrogen and oxygen atoms in total. The van der Waals surface area contributed by atoms with Crippen LogP contribution in [-0.2, 0) is 0 Å². The summed E-state index contributed by atoms with van der Waals surface area (Å²) in [6, 6.07) is 12.4. The molecule has 0 aliphatic rings. The van der Waals surface area contributed by atoms with Crippen LogP contribution in [0.3, 0.4) is 0 Å². The number of benzene rings is 2. The molecular formula is C17H20ClFN2. The molecule has 0 saturated carbocycles. The molecule has 0 aliphatic heterocycles. The normalized spacial score (nSPS) is 13.8. The molecular weight excluding hydrogens is 287 g/mol. The predicted octanol–water partition coefficient (Wildman–Crippen LogP) is 4.70. The second-order valence-electron chi connectivity index (χ2n) is 5.31. The molecule has 112 valence electrons. The van der Waals surface area contributed by atoms with Gasteiger partial charge in [0.25, 0.3) is 0 Å². The molecule has 2 aromatic rings. The quantitative estimate of drug-likeness (QED) is 0.887. The van der Waals surface area contributed by atoms with E-state index >= 15 is 0 Å². The largest absolute Gasteiger partial charge is 0.367 e. The number of nitrogens with two attached hydrogens (primary N) is 1. The van der Waals surface area contributed by atoms with Gasteiger partial charge in [-0.1, -0.05) is 35.9 Å². The Hall–Kier alpha value is -1.58. The highest BCUT2D eigenvalue weighted by molar-refractivity contribution is 6.33. The van der Waals surface area contributed by atoms with Crippen molar-refractivity contribution in [3.8, 4) is 0 Å². The van der Waals surface area contributed by atoms with Crippen molar-refractivity contribution < 1.29 is 4.39 Å². The van der Waals surface area contributed by atoms with E-state index in [1.54, 1.807) is 12.1 Å². The van der Waals surface area contributed by atoms with E-state index in [0.717, 1.165) is 11.3 Å². The number of rotatable bonds is 4. The maximum Gasteiger partial charge on any atom is 0.128 e. The average molecular weight is 307 g/mol. The van der Waals surface area contributed by atoms with E-state index in [9.17, 15) is 4.39 Å². The summed E-state index contributed by atoms with van der Waals surface area (Å²) in [6.45, 7) is 3.87. The molecule has 0 heterocycles. The summed E-state index contributed by atoms with van der Waals surface area (Å²) in [6.07, 6.45) is 0. The molecule has 0 aromatic heterocycles. The molecule has 0 bridgehead atoms. The van der Waals surface area contributed by atoms with Crippen LogP contribution in [0.4, 0.5) is 10.1 Å². The fourth-order valence-corrected chi connectivity index (χ4v) is 2.65. The van der Waals surface area contributed by atoms with Crippen molar-refractivity contribution in [2.75, 3.05) is 11.9 Å². The molecule has 21 heavy (non-hydrogen) atoms. The van der Waals surface area contributed by atoms with Gasteiger partial charge in [0.05, 0.1) is 16.8 Å². The molecule has 2 N–H and O–H groups in total. The van der Waals surface area contributed by atoms with E-state index < -0.39 is 0 Å². The van der Waals surface area contributed by atoms with Crippen molar-refractivity contribution in [3.63, 3.8) is 0 Å². The zero-order valence-electron chi connectivity index (χ0n) is 12.5. The molecule has 0 radical (unpaired) electrons. The zero-order valence-corrected chi connectivity index (χ0v) is 13.2. The summed E-state index contributed by atoms with van der Waals surface area (Å²) in [5.41, 5.74) is 8.34. The van der Waals surface area contributed by atoms with Gasteiger partial charge in [0, 0.05) is 18.7 Å². The Morgan fingerprint density at radius 3 is 2.38 bits per heavy atom. The first-order valence-electron chi connectivity index (χ1n) is 6.94. The summed E-state index contributed by atoms with van der Waals surface area (Å²) in [7, 11) is 1.91. The Kier molecular flexibility index (Phi) is 4.86. The van der Waals surface area contributed by atoms with Crippen LogP contribution in [0.5, 0.6) is 0 Å². The minimum atomic E-state index is -0.208. The van der Waals surface area contributed by atoms with Gasteiger partial charge in [0.1, 0.15) is 5.82 Å². The van der Waals surface area contributed by atoms with E-state index in [1.165, 1.54) is 6.07 Å². The molecule has 0 amide bonds. The first-order valence-corrected chi connectivity index (χ1v) is 7.32. The Labute approximate surface area is 130 Å².